The fraction of sp³-hybridized carbons (Fsp3) is 0.900. The van der Waals surface area contributed by atoms with Crippen LogP contribution in [0.2, 0.25) is 0 Å². The van der Waals surface area contributed by atoms with Crippen molar-refractivity contribution in [2.45, 2.75) is 38.8 Å². The molecule has 74 valence electrons. The lowest BCUT2D eigenvalue weighted by atomic mass is 9.92. The summed E-state index contributed by atoms with van der Waals surface area (Å²) in [4.78, 5) is 2.18. The van der Waals surface area contributed by atoms with Gasteiger partial charge >= 0.3 is 0 Å². The predicted octanol–water partition coefficient (Wildman–Crippen LogP) is 0.991. The summed E-state index contributed by atoms with van der Waals surface area (Å²) >= 11 is 0. The Hall–Kier alpha value is -0.590. The fourth-order valence-electron chi connectivity index (χ4n) is 1.87. The molecule has 3 nitrogen and oxygen atoms in total. The molecule has 3 heteroatoms. The van der Waals surface area contributed by atoms with Crippen molar-refractivity contribution in [1.29, 1.82) is 5.26 Å². The van der Waals surface area contributed by atoms with Crippen molar-refractivity contribution >= 4 is 0 Å². The first-order valence-corrected chi connectivity index (χ1v) is 4.97. The Morgan fingerprint density at radius 2 is 1.92 bits per heavy atom. The summed E-state index contributed by atoms with van der Waals surface area (Å²) in [6, 6.07) is 2.27. The smallest absolute Gasteiger partial charge is 0.0949 e. The van der Waals surface area contributed by atoms with Crippen LogP contribution in [0.3, 0.4) is 0 Å². The van der Waals surface area contributed by atoms with Gasteiger partial charge in [0.25, 0.3) is 0 Å². The lowest BCUT2D eigenvalue weighted by Crippen LogP contribution is -2.41. The summed E-state index contributed by atoms with van der Waals surface area (Å²) in [7, 11) is 0. The first kappa shape index (κ1) is 10.5. The van der Waals surface area contributed by atoms with E-state index in [0.29, 0.717) is 5.92 Å². The molecule has 2 atom stereocenters. The Kier molecular flexibility index (Phi) is 3.71. The molecule has 1 aliphatic heterocycles. The molecule has 1 saturated heterocycles. The van der Waals surface area contributed by atoms with E-state index in [1.54, 1.807) is 0 Å². The number of rotatable bonds is 2. The van der Waals surface area contributed by atoms with Crippen LogP contribution in [0.25, 0.3) is 0 Å². The van der Waals surface area contributed by atoms with Gasteiger partial charge in [-0.15, -0.1) is 0 Å². The molecule has 1 fully saturated rings. The van der Waals surface area contributed by atoms with Crippen LogP contribution < -0.4 is 0 Å². The lowest BCUT2D eigenvalue weighted by Gasteiger charge is -2.34. The van der Waals surface area contributed by atoms with Gasteiger partial charge in [0.1, 0.15) is 0 Å². The van der Waals surface area contributed by atoms with E-state index in [2.05, 4.69) is 11.0 Å². The molecule has 2 unspecified atom stereocenters. The number of hydrogen-bond donors (Lipinski definition) is 1. The van der Waals surface area contributed by atoms with Crippen LogP contribution in [0, 0.1) is 17.2 Å². The van der Waals surface area contributed by atoms with Crippen LogP contribution in [0.5, 0.6) is 0 Å². The third-order valence-electron chi connectivity index (χ3n) is 2.99. The topological polar surface area (TPSA) is 47.3 Å². The molecular weight excluding hydrogens is 164 g/mol. The molecule has 0 aromatic rings. The van der Waals surface area contributed by atoms with Crippen LogP contribution in [0.15, 0.2) is 0 Å². The minimum atomic E-state index is -0.195. The van der Waals surface area contributed by atoms with Crippen molar-refractivity contribution < 1.29 is 5.11 Å². The molecule has 0 aromatic heterocycles. The summed E-state index contributed by atoms with van der Waals surface area (Å²) < 4.78 is 0. The molecule has 0 spiro atoms. The normalized spacial score (nSPS) is 25.1. The number of likely N-dealkylation sites (tertiary alicyclic amines) is 1. The van der Waals surface area contributed by atoms with E-state index >= 15 is 0 Å². The third kappa shape index (κ3) is 2.68. The minimum absolute atomic E-state index is 0.0231. The van der Waals surface area contributed by atoms with E-state index < -0.39 is 0 Å². The van der Waals surface area contributed by atoms with Crippen molar-refractivity contribution in [2.75, 3.05) is 13.1 Å². The fourth-order valence-corrected chi connectivity index (χ4v) is 1.87. The highest BCUT2D eigenvalue weighted by molar-refractivity contribution is 4.90. The molecule has 1 aliphatic rings. The summed E-state index contributed by atoms with van der Waals surface area (Å²) in [6.07, 6.45) is 1.84. The second-order valence-electron chi connectivity index (χ2n) is 3.92. The molecule has 0 aromatic carbocycles. The molecule has 0 radical (unpaired) electrons. The van der Waals surface area contributed by atoms with Gasteiger partial charge in [-0.25, -0.2) is 0 Å². The van der Waals surface area contributed by atoms with Crippen molar-refractivity contribution in [1.82, 2.24) is 4.90 Å². The van der Waals surface area contributed by atoms with Gasteiger partial charge in [0.05, 0.1) is 18.2 Å². The van der Waals surface area contributed by atoms with Gasteiger partial charge in [0.15, 0.2) is 0 Å². The van der Waals surface area contributed by atoms with Gasteiger partial charge in [0.2, 0.25) is 0 Å². The summed E-state index contributed by atoms with van der Waals surface area (Å²) in [5, 5.41) is 18.1. The minimum Gasteiger partial charge on any atom is -0.393 e. The highest BCUT2D eigenvalue weighted by atomic mass is 16.3. The number of piperidine rings is 1. The SMILES string of the molecule is CC(O)C1CCN(C(C)C#N)CC1. The van der Waals surface area contributed by atoms with Gasteiger partial charge in [-0.1, -0.05) is 0 Å². The second-order valence-corrected chi connectivity index (χ2v) is 3.92. The molecule has 1 N–H and O–H groups in total. The zero-order valence-corrected chi connectivity index (χ0v) is 8.40. The zero-order chi connectivity index (χ0) is 9.84. The maximum absolute atomic E-state index is 9.38. The van der Waals surface area contributed by atoms with Crippen LogP contribution in [-0.4, -0.2) is 35.2 Å². The second kappa shape index (κ2) is 4.59. The molecule has 1 heterocycles. The van der Waals surface area contributed by atoms with Gasteiger partial charge < -0.3 is 5.11 Å². The van der Waals surface area contributed by atoms with E-state index in [0.717, 1.165) is 25.9 Å². The van der Waals surface area contributed by atoms with Crippen molar-refractivity contribution in [3.63, 3.8) is 0 Å². The standard InChI is InChI=1S/C10H18N2O/c1-8(7-11)12-5-3-10(4-6-12)9(2)13/h8-10,13H,3-6H2,1-2H3. The van der Waals surface area contributed by atoms with E-state index in [4.69, 9.17) is 5.26 Å². The maximum Gasteiger partial charge on any atom is 0.0949 e. The number of hydrogen-bond acceptors (Lipinski definition) is 3. The highest BCUT2D eigenvalue weighted by Gasteiger charge is 2.24. The maximum atomic E-state index is 9.38. The molecule has 0 amide bonds. The summed E-state index contributed by atoms with van der Waals surface area (Å²) in [5.41, 5.74) is 0. The van der Waals surface area contributed by atoms with Gasteiger partial charge in [-0.05, 0) is 45.7 Å². The average molecular weight is 182 g/mol. The molecule has 0 aliphatic carbocycles. The number of aliphatic hydroxyl groups excluding tert-OH is 1. The highest BCUT2D eigenvalue weighted by Crippen LogP contribution is 2.21. The third-order valence-corrected chi connectivity index (χ3v) is 2.99. The van der Waals surface area contributed by atoms with Crippen molar-refractivity contribution in [3.8, 4) is 6.07 Å². The van der Waals surface area contributed by atoms with Crippen LogP contribution in [0.4, 0.5) is 0 Å². The zero-order valence-electron chi connectivity index (χ0n) is 8.40. The Balaban J connectivity index is 2.35. The number of nitrogens with zero attached hydrogens (tertiary/aromatic N) is 2. The van der Waals surface area contributed by atoms with E-state index in [1.165, 1.54) is 0 Å². The Morgan fingerprint density at radius 1 is 1.38 bits per heavy atom. The van der Waals surface area contributed by atoms with Crippen LogP contribution >= 0.6 is 0 Å². The first-order chi connectivity index (χ1) is 6.15. The summed E-state index contributed by atoms with van der Waals surface area (Å²) in [6.45, 7) is 5.69. The number of nitriles is 1. The van der Waals surface area contributed by atoms with Crippen molar-refractivity contribution in [2.24, 2.45) is 5.92 Å². The molecular formula is C10H18N2O. The lowest BCUT2D eigenvalue weighted by molar-refractivity contribution is 0.0663. The van der Waals surface area contributed by atoms with Gasteiger partial charge in [0, 0.05) is 0 Å². The van der Waals surface area contributed by atoms with Crippen LogP contribution in [0.1, 0.15) is 26.7 Å². The molecule has 0 bridgehead atoms. The van der Waals surface area contributed by atoms with Gasteiger partial charge in [-0.3, -0.25) is 4.90 Å². The average Bonchev–Trinajstić information content (AvgIpc) is 2.17. The van der Waals surface area contributed by atoms with Crippen LogP contribution in [-0.2, 0) is 0 Å². The number of aliphatic hydroxyl groups is 1. The molecule has 13 heavy (non-hydrogen) atoms. The molecule has 1 rings (SSSR count). The quantitative estimate of drug-likeness (QED) is 0.692. The van der Waals surface area contributed by atoms with Gasteiger partial charge in [-0.2, -0.15) is 5.26 Å². The molecule has 0 saturated carbocycles. The summed E-state index contributed by atoms with van der Waals surface area (Å²) in [5.74, 6) is 0.433. The largest absolute Gasteiger partial charge is 0.393 e. The van der Waals surface area contributed by atoms with E-state index in [-0.39, 0.29) is 12.1 Å². The predicted molar refractivity (Wildman–Crippen MR) is 51.1 cm³/mol. The Morgan fingerprint density at radius 3 is 2.31 bits per heavy atom. The Labute approximate surface area is 80.0 Å². The Bertz CT molecular complexity index is 190. The van der Waals surface area contributed by atoms with E-state index in [1.807, 2.05) is 13.8 Å². The first-order valence-electron chi connectivity index (χ1n) is 4.97. The van der Waals surface area contributed by atoms with E-state index in [9.17, 15) is 5.11 Å². The monoisotopic (exact) mass is 182 g/mol. The van der Waals surface area contributed by atoms with Crippen molar-refractivity contribution in [3.05, 3.63) is 0 Å².